The van der Waals surface area contributed by atoms with Gasteiger partial charge in [-0.15, -0.1) is 0 Å². The van der Waals surface area contributed by atoms with Gasteiger partial charge in [-0.2, -0.15) is 0 Å². The van der Waals surface area contributed by atoms with Crippen molar-refractivity contribution in [3.63, 3.8) is 0 Å². The van der Waals surface area contributed by atoms with E-state index in [0.717, 1.165) is 11.3 Å². The minimum absolute atomic E-state index is 0.272. The lowest BCUT2D eigenvalue weighted by Gasteiger charge is -2.02. The molecular formula is C15H16N2O3. The molecule has 20 heavy (non-hydrogen) atoms. The zero-order valence-corrected chi connectivity index (χ0v) is 11.7. The fourth-order valence-electron chi connectivity index (χ4n) is 1.70. The average molecular weight is 272 g/mol. The molecule has 1 aromatic carbocycles. The van der Waals surface area contributed by atoms with Gasteiger partial charge in [0.15, 0.2) is 5.70 Å². The summed E-state index contributed by atoms with van der Waals surface area (Å²) in [6, 6.07) is 7.56. The summed E-state index contributed by atoms with van der Waals surface area (Å²) in [5.74, 6) is 0.574. The maximum atomic E-state index is 11.6. The number of ether oxygens (including phenoxy) is 2. The Hall–Kier alpha value is -2.56. The van der Waals surface area contributed by atoms with Crippen LogP contribution >= 0.6 is 0 Å². The number of benzene rings is 1. The first-order chi connectivity index (χ1) is 9.60. The van der Waals surface area contributed by atoms with Crippen LogP contribution in [0.1, 0.15) is 5.56 Å². The molecule has 1 heterocycles. The van der Waals surface area contributed by atoms with E-state index in [1.54, 1.807) is 30.4 Å². The SMILES string of the molecule is COc1ccccc1/C=C/C1=NC(=C/N(C)C)/C(=O)O1. The van der Waals surface area contributed by atoms with Crippen molar-refractivity contribution in [3.05, 3.63) is 47.8 Å². The fourth-order valence-corrected chi connectivity index (χ4v) is 1.70. The molecule has 1 aromatic rings. The van der Waals surface area contributed by atoms with Crippen LogP contribution in [0, 0.1) is 0 Å². The van der Waals surface area contributed by atoms with Crippen LogP contribution in [0.2, 0.25) is 0 Å². The van der Waals surface area contributed by atoms with Gasteiger partial charge in [0.25, 0.3) is 0 Å². The maximum Gasteiger partial charge on any atom is 0.365 e. The largest absolute Gasteiger partial charge is 0.496 e. The number of para-hydroxylation sites is 1. The van der Waals surface area contributed by atoms with Crippen LogP contribution in [-0.4, -0.2) is 38.0 Å². The highest BCUT2D eigenvalue weighted by Gasteiger charge is 2.21. The van der Waals surface area contributed by atoms with Crippen molar-refractivity contribution in [2.45, 2.75) is 0 Å². The molecule has 5 heteroatoms. The quantitative estimate of drug-likeness (QED) is 0.622. The van der Waals surface area contributed by atoms with E-state index in [4.69, 9.17) is 9.47 Å². The fraction of sp³-hybridized carbons (Fsp3) is 0.200. The summed E-state index contributed by atoms with van der Waals surface area (Å²) in [7, 11) is 5.24. The zero-order valence-electron chi connectivity index (χ0n) is 11.7. The second kappa shape index (κ2) is 6.06. The van der Waals surface area contributed by atoms with E-state index in [0.29, 0.717) is 0 Å². The Labute approximate surface area is 117 Å². The van der Waals surface area contributed by atoms with Gasteiger partial charge in [-0.1, -0.05) is 18.2 Å². The van der Waals surface area contributed by atoms with Crippen molar-refractivity contribution in [3.8, 4) is 5.75 Å². The van der Waals surface area contributed by atoms with E-state index in [1.165, 1.54) is 0 Å². The Morgan fingerprint density at radius 2 is 2.00 bits per heavy atom. The molecule has 104 valence electrons. The number of rotatable bonds is 4. The zero-order chi connectivity index (χ0) is 14.5. The second-order valence-corrected chi connectivity index (χ2v) is 4.39. The molecule has 0 radical (unpaired) electrons. The molecule has 1 aliphatic rings. The topological polar surface area (TPSA) is 51.1 Å². The molecule has 1 aliphatic heterocycles. The first kappa shape index (κ1) is 13.9. The van der Waals surface area contributed by atoms with E-state index < -0.39 is 5.97 Å². The van der Waals surface area contributed by atoms with Crippen LogP contribution in [0.15, 0.2) is 47.2 Å². The van der Waals surface area contributed by atoms with E-state index >= 15 is 0 Å². The predicted octanol–water partition coefficient (Wildman–Crippen LogP) is 2.07. The highest BCUT2D eigenvalue weighted by Crippen LogP contribution is 2.19. The van der Waals surface area contributed by atoms with Crippen LogP contribution in [-0.2, 0) is 9.53 Å². The molecule has 0 fully saturated rings. The number of carbonyl (C=O) groups excluding carboxylic acids is 1. The van der Waals surface area contributed by atoms with Gasteiger partial charge in [0.2, 0.25) is 5.90 Å². The second-order valence-electron chi connectivity index (χ2n) is 4.39. The van der Waals surface area contributed by atoms with Gasteiger partial charge in [-0.3, -0.25) is 0 Å². The van der Waals surface area contributed by atoms with Crippen molar-refractivity contribution in [2.24, 2.45) is 4.99 Å². The third-order valence-corrected chi connectivity index (χ3v) is 2.56. The normalized spacial score (nSPS) is 16.4. The summed E-state index contributed by atoms with van der Waals surface area (Å²) in [5, 5.41) is 0. The number of hydrogen-bond donors (Lipinski definition) is 0. The van der Waals surface area contributed by atoms with E-state index in [9.17, 15) is 4.79 Å². The molecule has 0 aromatic heterocycles. The standard InChI is InChI=1S/C15H16N2O3/c1-17(2)10-12-15(18)20-14(16-12)9-8-11-6-4-5-7-13(11)19-3/h4-10H,1-3H3/b9-8+,12-10+. The summed E-state index contributed by atoms with van der Waals surface area (Å²) in [6.07, 6.45) is 5.06. The van der Waals surface area contributed by atoms with Crippen LogP contribution in [0.4, 0.5) is 0 Å². The molecule has 0 N–H and O–H groups in total. The first-order valence-corrected chi connectivity index (χ1v) is 6.10. The minimum atomic E-state index is -0.446. The number of aliphatic imine (C=N–C) groups is 1. The number of methoxy groups -OCH3 is 1. The summed E-state index contributed by atoms with van der Waals surface area (Å²) < 4.78 is 10.3. The smallest absolute Gasteiger partial charge is 0.365 e. The van der Waals surface area contributed by atoms with Gasteiger partial charge in [0.1, 0.15) is 5.75 Å². The molecule has 0 atom stereocenters. The van der Waals surface area contributed by atoms with Crippen LogP contribution in [0.3, 0.4) is 0 Å². The summed E-state index contributed by atoms with van der Waals surface area (Å²) in [4.78, 5) is 17.4. The number of carbonyl (C=O) groups is 1. The molecule has 0 spiro atoms. The third kappa shape index (κ3) is 3.26. The lowest BCUT2D eigenvalue weighted by molar-refractivity contribution is -0.130. The molecule has 0 saturated heterocycles. The molecule has 0 aliphatic carbocycles. The van der Waals surface area contributed by atoms with Gasteiger partial charge < -0.3 is 14.4 Å². The van der Waals surface area contributed by atoms with Crippen molar-refractivity contribution < 1.29 is 14.3 Å². The average Bonchev–Trinajstić information content (AvgIpc) is 2.76. The van der Waals surface area contributed by atoms with Crippen LogP contribution in [0.25, 0.3) is 6.08 Å². The molecule has 2 rings (SSSR count). The maximum absolute atomic E-state index is 11.6. The monoisotopic (exact) mass is 272 g/mol. The van der Waals surface area contributed by atoms with Crippen LogP contribution in [0.5, 0.6) is 5.75 Å². The van der Waals surface area contributed by atoms with Gasteiger partial charge in [-0.05, 0) is 12.1 Å². The van der Waals surface area contributed by atoms with Crippen molar-refractivity contribution >= 4 is 17.9 Å². The molecular weight excluding hydrogens is 256 g/mol. The number of esters is 1. The van der Waals surface area contributed by atoms with Crippen molar-refractivity contribution in [2.75, 3.05) is 21.2 Å². The molecule has 0 amide bonds. The number of hydrogen-bond acceptors (Lipinski definition) is 5. The molecule has 0 bridgehead atoms. The van der Waals surface area contributed by atoms with Gasteiger partial charge in [-0.25, -0.2) is 9.79 Å². The molecule has 0 unspecified atom stereocenters. The van der Waals surface area contributed by atoms with Gasteiger partial charge in [0.05, 0.1) is 7.11 Å². The molecule has 0 saturated carbocycles. The van der Waals surface area contributed by atoms with E-state index in [1.807, 2.05) is 38.4 Å². The Kier molecular flexibility index (Phi) is 4.20. The minimum Gasteiger partial charge on any atom is -0.496 e. The summed E-state index contributed by atoms with van der Waals surface area (Å²) >= 11 is 0. The number of nitrogens with zero attached hydrogens (tertiary/aromatic N) is 2. The van der Waals surface area contributed by atoms with Crippen molar-refractivity contribution in [1.82, 2.24) is 4.90 Å². The number of cyclic esters (lactones) is 1. The van der Waals surface area contributed by atoms with Crippen molar-refractivity contribution in [1.29, 1.82) is 0 Å². The van der Waals surface area contributed by atoms with Gasteiger partial charge in [0, 0.05) is 31.9 Å². The highest BCUT2D eigenvalue weighted by molar-refractivity contribution is 6.09. The van der Waals surface area contributed by atoms with Crippen LogP contribution < -0.4 is 4.74 Å². The van der Waals surface area contributed by atoms with Gasteiger partial charge >= 0.3 is 5.97 Å². The first-order valence-electron chi connectivity index (χ1n) is 6.10. The third-order valence-electron chi connectivity index (χ3n) is 2.56. The van der Waals surface area contributed by atoms with E-state index in [2.05, 4.69) is 4.99 Å². The highest BCUT2D eigenvalue weighted by atomic mass is 16.6. The van der Waals surface area contributed by atoms with E-state index in [-0.39, 0.29) is 11.6 Å². The summed E-state index contributed by atoms with van der Waals surface area (Å²) in [5.41, 5.74) is 1.17. The Balaban J connectivity index is 2.18. The molecule has 5 nitrogen and oxygen atoms in total. The lowest BCUT2D eigenvalue weighted by atomic mass is 10.2. The summed E-state index contributed by atoms with van der Waals surface area (Å²) in [6.45, 7) is 0. The Bertz CT molecular complexity index is 601. The lowest BCUT2D eigenvalue weighted by Crippen LogP contribution is -2.06. The predicted molar refractivity (Wildman–Crippen MR) is 77.3 cm³/mol. The Morgan fingerprint density at radius 1 is 1.25 bits per heavy atom. The Morgan fingerprint density at radius 3 is 2.70 bits per heavy atom.